The number of nitrogens with one attached hydrogen (secondary N) is 1. The van der Waals surface area contributed by atoms with Crippen LogP contribution in [0.15, 0.2) is 42.5 Å². The Kier molecular flexibility index (Phi) is 6.48. The lowest BCUT2D eigenvalue weighted by atomic mass is 10.0. The Balaban J connectivity index is 1.40. The van der Waals surface area contributed by atoms with Crippen LogP contribution in [0.1, 0.15) is 59.7 Å². The van der Waals surface area contributed by atoms with Crippen molar-refractivity contribution in [3.05, 3.63) is 64.7 Å². The van der Waals surface area contributed by atoms with Gasteiger partial charge in [-0.1, -0.05) is 37.6 Å². The zero-order chi connectivity index (χ0) is 20.9. The first-order valence-corrected chi connectivity index (χ1v) is 11.2. The van der Waals surface area contributed by atoms with Crippen molar-refractivity contribution in [3.63, 3.8) is 0 Å². The number of nitrogens with zero attached hydrogens (tertiary/aromatic N) is 2. The zero-order valence-electron chi connectivity index (χ0n) is 17.8. The smallest absolute Gasteiger partial charge is 0.251 e. The maximum atomic E-state index is 12.8. The molecule has 30 heavy (non-hydrogen) atoms. The average Bonchev–Trinajstić information content (AvgIpc) is 3.22. The molecule has 2 aliphatic heterocycles. The molecule has 2 aromatic rings. The number of piperidine rings is 1. The highest BCUT2D eigenvalue weighted by atomic mass is 16.2. The van der Waals surface area contributed by atoms with E-state index in [2.05, 4.69) is 28.4 Å². The molecule has 2 heterocycles. The van der Waals surface area contributed by atoms with Gasteiger partial charge in [0.15, 0.2) is 0 Å². The Morgan fingerprint density at radius 3 is 2.50 bits per heavy atom. The molecule has 1 saturated heterocycles. The Labute approximate surface area is 179 Å². The predicted octanol–water partition coefficient (Wildman–Crippen LogP) is 3.90. The van der Waals surface area contributed by atoms with Crippen molar-refractivity contribution in [2.24, 2.45) is 0 Å². The Hall–Kier alpha value is -2.66. The minimum Gasteiger partial charge on any atom is -0.348 e. The number of fused-ring (bicyclic) bond motifs is 1. The van der Waals surface area contributed by atoms with Crippen molar-refractivity contribution in [2.45, 2.75) is 52.1 Å². The summed E-state index contributed by atoms with van der Waals surface area (Å²) in [5, 5.41) is 3.09. The van der Waals surface area contributed by atoms with Gasteiger partial charge in [0.05, 0.1) is 0 Å². The molecule has 0 spiro atoms. The van der Waals surface area contributed by atoms with E-state index >= 15 is 0 Å². The van der Waals surface area contributed by atoms with Gasteiger partial charge in [0.25, 0.3) is 5.91 Å². The molecular weight excluding hydrogens is 374 g/mol. The van der Waals surface area contributed by atoms with Crippen molar-refractivity contribution >= 4 is 17.5 Å². The van der Waals surface area contributed by atoms with Gasteiger partial charge in [-0.05, 0) is 67.2 Å². The molecular formula is C25H31N3O2. The summed E-state index contributed by atoms with van der Waals surface area (Å²) in [5.74, 6) is 0.0714. The number of hydrogen-bond acceptors (Lipinski definition) is 3. The van der Waals surface area contributed by atoms with Crippen LogP contribution in [-0.4, -0.2) is 36.3 Å². The first-order valence-electron chi connectivity index (χ1n) is 11.2. The second-order valence-electron chi connectivity index (χ2n) is 8.28. The van der Waals surface area contributed by atoms with Crippen LogP contribution in [0.2, 0.25) is 0 Å². The average molecular weight is 406 g/mol. The van der Waals surface area contributed by atoms with Crippen LogP contribution < -0.4 is 10.2 Å². The molecule has 158 valence electrons. The standard InChI is InChI=1S/C25H31N3O2/c1-2-24(29)28-15-12-19-16-20(10-11-23(19)28)25(30)26-17-21-8-4-5-9-22(21)18-27-13-6-3-7-14-27/h4-5,8-11,16H,2-3,6-7,12-15,17-18H2,1H3,(H,26,30). The van der Waals surface area contributed by atoms with Crippen LogP contribution in [0.5, 0.6) is 0 Å². The lowest BCUT2D eigenvalue weighted by molar-refractivity contribution is -0.118. The summed E-state index contributed by atoms with van der Waals surface area (Å²) >= 11 is 0. The van der Waals surface area contributed by atoms with Crippen LogP contribution in [0.3, 0.4) is 0 Å². The number of carbonyl (C=O) groups excluding carboxylic acids is 2. The quantitative estimate of drug-likeness (QED) is 0.793. The number of carbonyl (C=O) groups is 2. The van der Waals surface area contributed by atoms with E-state index in [1.54, 1.807) is 0 Å². The highest BCUT2D eigenvalue weighted by Gasteiger charge is 2.24. The molecule has 0 aromatic heterocycles. The number of hydrogen-bond donors (Lipinski definition) is 1. The van der Waals surface area contributed by atoms with Crippen LogP contribution in [-0.2, 0) is 24.3 Å². The molecule has 5 nitrogen and oxygen atoms in total. The van der Waals surface area contributed by atoms with Gasteiger partial charge in [-0.25, -0.2) is 0 Å². The summed E-state index contributed by atoms with van der Waals surface area (Å²) in [7, 11) is 0. The lowest BCUT2D eigenvalue weighted by Gasteiger charge is -2.27. The van der Waals surface area contributed by atoms with Crippen LogP contribution in [0, 0.1) is 0 Å². The highest BCUT2D eigenvalue weighted by molar-refractivity contribution is 5.98. The van der Waals surface area contributed by atoms with E-state index in [0.29, 0.717) is 25.1 Å². The van der Waals surface area contributed by atoms with Gasteiger partial charge in [-0.3, -0.25) is 14.5 Å². The third-order valence-electron chi connectivity index (χ3n) is 6.24. The molecule has 1 fully saturated rings. The molecule has 2 amide bonds. The molecule has 2 aromatic carbocycles. The van der Waals surface area contributed by atoms with Gasteiger partial charge in [0.1, 0.15) is 0 Å². The number of rotatable bonds is 6. The SMILES string of the molecule is CCC(=O)N1CCc2cc(C(=O)NCc3ccccc3CN3CCCCC3)ccc21. The Morgan fingerprint density at radius 2 is 1.73 bits per heavy atom. The molecule has 4 rings (SSSR count). The van der Waals surface area contributed by atoms with Crippen molar-refractivity contribution in [3.8, 4) is 0 Å². The minimum atomic E-state index is -0.0640. The molecule has 1 N–H and O–H groups in total. The molecule has 0 bridgehead atoms. The van der Waals surface area contributed by atoms with Crippen LogP contribution >= 0.6 is 0 Å². The van der Waals surface area contributed by atoms with Gasteiger partial charge in [-0.2, -0.15) is 0 Å². The normalized spacial score (nSPS) is 16.4. The number of benzene rings is 2. The summed E-state index contributed by atoms with van der Waals surface area (Å²) < 4.78 is 0. The van der Waals surface area contributed by atoms with Gasteiger partial charge in [0, 0.05) is 37.3 Å². The topological polar surface area (TPSA) is 52.7 Å². The molecule has 0 unspecified atom stereocenters. The molecule has 2 aliphatic rings. The maximum absolute atomic E-state index is 12.8. The van der Waals surface area contributed by atoms with Gasteiger partial charge < -0.3 is 10.2 Å². The van der Waals surface area contributed by atoms with E-state index in [1.807, 2.05) is 36.1 Å². The summed E-state index contributed by atoms with van der Waals surface area (Å²) in [6, 6.07) is 14.1. The molecule has 0 saturated carbocycles. The summed E-state index contributed by atoms with van der Waals surface area (Å²) in [4.78, 5) is 29.2. The van der Waals surface area contributed by atoms with E-state index in [-0.39, 0.29) is 11.8 Å². The minimum absolute atomic E-state index is 0.0640. The summed E-state index contributed by atoms with van der Waals surface area (Å²) in [6.07, 6.45) is 5.19. The van der Waals surface area contributed by atoms with E-state index in [0.717, 1.165) is 37.3 Å². The van der Waals surface area contributed by atoms with Crippen LogP contribution in [0.25, 0.3) is 0 Å². The van der Waals surface area contributed by atoms with E-state index in [4.69, 9.17) is 0 Å². The fourth-order valence-electron chi connectivity index (χ4n) is 4.51. The monoisotopic (exact) mass is 405 g/mol. The first kappa shape index (κ1) is 20.6. The van der Waals surface area contributed by atoms with E-state index < -0.39 is 0 Å². The maximum Gasteiger partial charge on any atom is 0.251 e. The molecule has 0 atom stereocenters. The second-order valence-corrected chi connectivity index (χ2v) is 8.28. The summed E-state index contributed by atoms with van der Waals surface area (Å²) in [5.41, 5.74) is 5.16. The van der Waals surface area contributed by atoms with Crippen LogP contribution in [0.4, 0.5) is 5.69 Å². The van der Waals surface area contributed by atoms with Gasteiger partial charge in [-0.15, -0.1) is 0 Å². The number of amides is 2. The fourth-order valence-corrected chi connectivity index (χ4v) is 4.51. The van der Waals surface area contributed by atoms with Crippen molar-refractivity contribution in [1.29, 1.82) is 0 Å². The van der Waals surface area contributed by atoms with Gasteiger partial charge in [0.2, 0.25) is 5.91 Å². The number of anilines is 1. The fraction of sp³-hybridized carbons (Fsp3) is 0.440. The third-order valence-corrected chi connectivity index (χ3v) is 6.24. The molecule has 5 heteroatoms. The summed E-state index contributed by atoms with van der Waals surface area (Å²) in [6.45, 7) is 6.38. The highest BCUT2D eigenvalue weighted by Crippen LogP contribution is 2.29. The lowest BCUT2D eigenvalue weighted by Crippen LogP contribution is -2.30. The van der Waals surface area contributed by atoms with Gasteiger partial charge >= 0.3 is 0 Å². The second kappa shape index (κ2) is 9.43. The third kappa shape index (κ3) is 4.57. The van der Waals surface area contributed by atoms with Crippen molar-refractivity contribution in [1.82, 2.24) is 10.2 Å². The number of likely N-dealkylation sites (tertiary alicyclic amines) is 1. The molecule has 0 radical (unpaired) electrons. The van der Waals surface area contributed by atoms with Crippen molar-refractivity contribution in [2.75, 3.05) is 24.5 Å². The first-order chi connectivity index (χ1) is 14.7. The van der Waals surface area contributed by atoms with E-state index in [1.165, 1.54) is 30.4 Å². The Morgan fingerprint density at radius 1 is 0.967 bits per heavy atom. The van der Waals surface area contributed by atoms with E-state index in [9.17, 15) is 9.59 Å². The predicted molar refractivity (Wildman–Crippen MR) is 120 cm³/mol. The molecule has 0 aliphatic carbocycles. The zero-order valence-corrected chi connectivity index (χ0v) is 17.8. The van der Waals surface area contributed by atoms with Crippen molar-refractivity contribution < 1.29 is 9.59 Å². The Bertz CT molecular complexity index is 918. The largest absolute Gasteiger partial charge is 0.348 e.